The first-order chi connectivity index (χ1) is 20.4. The van der Waals surface area contributed by atoms with Crippen molar-refractivity contribution in [2.45, 2.75) is 6.18 Å². The molecule has 6 rings (SSSR count). The Morgan fingerprint density at radius 2 is 1.57 bits per heavy atom. The second-order valence-electron chi connectivity index (χ2n) is 9.14. The van der Waals surface area contributed by atoms with Crippen LogP contribution < -0.4 is 15.4 Å². The summed E-state index contributed by atoms with van der Waals surface area (Å²) in [6.45, 7) is 0. The second-order valence-corrected chi connectivity index (χ2v) is 9.14. The third kappa shape index (κ3) is 5.52. The van der Waals surface area contributed by atoms with E-state index in [0.717, 1.165) is 12.1 Å². The van der Waals surface area contributed by atoms with E-state index in [4.69, 9.17) is 4.74 Å². The standard InChI is InChI=1S/C31H22F3N7O/c1-35-30-37-17-15-26(39-30)25-10-5-16-36-29(25)42-22-13-11-21(12-14-22)38-28-24-9-3-2-8-23(24)27(40-41-28)19-6-4-7-20(18-19)31(32,33)34/h2-18H,1H3,(H,38,41)(H,35,37,39). The summed E-state index contributed by atoms with van der Waals surface area (Å²) in [6, 6.07) is 25.0. The van der Waals surface area contributed by atoms with Crippen LogP contribution in [-0.2, 0) is 6.18 Å². The van der Waals surface area contributed by atoms with Gasteiger partial charge in [0, 0.05) is 41.5 Å². The van der Waals surface area contributed by atoms with Gasteiger partial charge in [0.1, 0.15) is 11.4 Å². The molecule has 0 spiro atoms. The number of pyridine rings is 1. The van der Waals surface area contributed by atoms with Gasteiger partial charge in [-0.05, 0) is 54.6 Å². The summed E-state index contributed by atoms with van der Waals surface area (Å²) in [5, 5.41) is 16.2. The molecular formula is C31H22F3N7O. The number of anilines is 3. The summed E-state index contributed by atoms with van der Waals surface area (Å²) in [6.07, 6.45) is -1.16. The topological polar surface area (TPSA) is 97.7 Å². The first kappa shape index (κ1) is 26.6. The Balaban J connectivity index is 1.25. The smallest absolute Gasteiger partial charge is 0.416 e. The molecule has 0 saturated carbocycles. The molecule has 3 aromatic carbocycles. The minimum atomic E-state index is -4.46. The highest BCUT2D eigenvalue weighted by atomic mass is 19.4. The zero-order chi connectivity index (χ0) is 29.1. The van der Waals surface area contributed by atoms with Crippen molar-refractivity contribution >= 4 is 28.2 Å². The largest absolute Gasteiger partial charge is 0.438 e. The molecule has 3 aromatic heterocycles. The van der Waals surface area contributed by atoms with E-state index in [1.54, 1.807) is 49.8 Å². The van der Waals surface area contributed by atoms with Gasteiger partial charge < -0.3 is 15.4 Å². The summed E-state index contributed by atoms with van der Waals surface area (Å²) in [7, 11) is 1.74. The van der Waals surface area contributed by atoms with Crippen molar-refractivity contribution in [3.8, 4) is 34.1 Å². The highest BCUT2D eigenvalue weighted by Gasteiger charge is 2.30. The van der Waals surface area contributed by atoms with Crippen LogP contribution in [0.4, 0.5) is 30.6 Å². The molecule has 208 valence electrons. The first-order valence-electron chi connectivity index (χ1n) is 12.8. The number of fused-ring (bicyclic) bond motifs is 1. The second kappa shape index (κ2) is 11.1. The molecule has 0 amide bonds. The zero-order valence-corrected chi connectivity index (χ0v) is 22.1. The van der Waals surface area contributed by atoms with Gasteiger partial charge in [-0.15, -0.1) is 10.2 Å². The van der Waals surface area contributed by atoms with E-state index in [2.05, 4.69) is 35.8 Å². The summed E-state index contributed by atoms with van der Waals surface area (Å²) >= 11 is 0. The maximum absolute atomic E-state index is 13.3. The average molecular weight is 566 g/mol. The molecule has 3 heterocycles. The van der Waals surface area contributed by atoms with E-state index in [9.17, 15) is 13.2 Å². The van der Waals surface area contributed by atoms with Crippen molar-refractivity contribution in [2.24, 2.45) is 0 Å². The SMILES string of the molecule is CNc1nccc(-c2cccnc2Oc2ccc(Nc3nnc(-c4cccc(C(F)(F)F)c4)c4ccccc34)cc2)n1. The van der Waals surface area contributed by atoms with Gasteiger partial charge in [0.25, 0.3) is 0 Å². The summed E-state index contributed by atoms with van der Waals surface area (Å²) in [4.78, 5) is 13.0. The van der Waals surface area contributed by atoms with Crippen LogP contribution in [0, 0.1) is 0 Å². The minimum absolute atomic E-state index is 0.333. The Morgan fingerprint density at radius 3 is 2.36 bits per heavy atom. The van der Waals surface area contributed by atoms with Crippen LogP contribution in [-0.4, -0.2) is 32.2 Å². The van der Waals surface area contributed by atoms with Crippen LogP contribution in [0.1, 0.15) is 5.56 Å². The van der Waals surface area contributed by atoms with Crippen molar-refractivity contribution in [2.75, 3.05) is 17.7 Å². The molecule has 11 heteroatoms. The molecule has 2 N–H and O–H groups in total. The number of ether oxygens (including phenoxy) is 1. The molecule has 0 atom stereocenters. The molecule has 0 saturated heterocycles. The van der Waals surface area contributed by atoms with Crippen molar-refractivity contribution in [1.82, 2.24) is 25.1 Å². The highest BCUT2D eigenvalue weighted by Crippen LogP contribution is 2.36. The predicted molar refractivity (Wildman–Crippen MR) is 155 cm³/mol. The Kier molecular flexibility index (Phi) is 7.05. The number of halogens is 3. The van der Waals surface area contributed by atoms with Crippen LogP contribution in [0.5, 0.6) is 11.6 Å². The van der Waals surface area contributed by atoms with E-state index in [1.807, 2.05) is 42.5 Å². The van der Waals surface area contributed by atoms with Gasteiger partial charge in [-0.2, -0.15) is 13.2 Å². The van der Waals surface area contributed by atoms with Gasteiger partial charge in [-0.3, -0.25) is 0 Å². The molecule has 0 aliphatic carbocycles. The monoisotopic (exact) mass is 565 g/mol. The average Bonchev–Trinajstić information content (AvgIpc) is 3.02. The Hall–Kier alpha value is -5.58. The third-order valence-corrected chi connectivity index (χ3v) is 6.41. The van der Waals surface area contributed by atoms with Crippen LogP contribution in [0.2, 0.25) is 0 Å². The molecule has 0 unspecified atom stereocenters. The van der Waals surface area contributed by atoms with E-state index in [1.165, 1.54) is 6.07 Å². The Labute approximate surface area is 238 Å². The van der Waals surface area contributed by atoms with E-state index < -0.39 is 11.7 Å². The number of hydrogen-bond acceptors (Lipinski definition) is 8. The molecule has 0 bridgehead atoms. The third-order valence-electron chi connectivity index (χ3n) is 6.41. The van der Waals surface area contributed by atoms with Gasteiger partial charge >= 0.3 is 6.18 Å². The Bertz CT molecular complexity index is 1880. The fourth-order valence-electron chi connectivity index (χ4n) is 4.40. The summed E-state index contributed by atoms with van der Waals surface area (Å²) in [5.41, 5.74) is 2.04. The molecule has 0 aliphatic heterocycles. The van der Waals surface area contributed by atoms with Crippen molar-refractivity contribution in [3.63, 3.8) is 0 Å². The molecule has 8 nitrogen and oxygen atoms in total. The fraction of sp³-hybridized carbons (Fsp3) is 0.0645. The number of aromatic nitrogens is 5. The van der Waals surface area contributed by atoms with Gasteiger partial charge in [-0.1, -0.05) is 36.4 Å². The van der Waals surface area contributed by atoms with E-state index >= 15 is 0 Å². The summed E-state index contributed by atoms with van der Waals surface area (Å²) < 4.78 is 46.0. The van der Waals surface area contributed by atoms with Gasteiger partial charge in [0.2, 0.25) is 11.8 Å². The number of alkyl halides is 3. The first-order valence-corrected chi connectivity index (χ1v) is 12.8. The fourth-order valence-corrected chi connectivity index (χ4v) is 4.40. The van der Waals surface area contributed by atoms with Crippen molar-refractivity contribution in [1.29, 1.82) is 0 Å². The molecule has 0 aliphatic rings. The molecule has 42 heavy (non-hydrogen) atoms. The zero-order valence-electron chi connectivity index (χ0n) is 22.1. The lowest BCUT2D eigenvalue weighted by Gasteiger charge is -2.13. The highest BCUT2D eigenvalue weighted by molar-refractivity contribution is 6.00. The molecular weight excluding hydrogens is 543 g/mol. The number of nitrogens with one attached hydrogen (secondary N) is 2. The number of benzene rings is 3. The normalized spacial score (nSPS) is 11.3. The number of rotatable bonds is 7. The molecule has 6 aromatic rings. The van der Waals surface area contributed by atoms with E-state index in [0.29, 0.717) is 62.4 Å². The van der Waals surface area contributed by atoms with Crippen molar-refractivity contribution < 1.29 is 17.9 Å². The van der Waals surface area contributed by atoms with Gasteiger partial charge in [0.15, 0.2) is 5.82 Å². The lowest BCUT2D eigenvalue weighted by molar-refractivity contribution is -0.137. The lowest BCUT2D eigenvalue weighted by Crippen LogP contribution is -2.05. The van der Waals surface area contributed by atoms with Crippen LogP contribution in [0.15, 0.2) is 103 Å². The van der Waals surface area contributed by atoms with Crippen LogP contribution in [0.3, 0.4) is 0 Å². The quantitative estimate of drug-likeness (QED) is 0.203. The molecule has 0 fully saturated rings. The summed E-state index contributed by atoms with van der Waals surface area (Å²) in [5.74, 6) is 1.89. The lowest BCUT2D eigenvalue weighted by atomic mass is 10.0. The van der Waals surface area contributed by atoms with Crippen LogP contribution in [0.25, 0.3) is 33.3 Å². The van der Waals surface area contributed by atoms with Crippen molar-refractivity contribution in [3.05, 3.63) is 109 Å². The minimum Gasteiger partial charge on any atom is -0.438 e. The van der Waals surface area contributed by atoms with Gasteiger partial charge in [0.05, 0.1) is 16.8 Å². The maximum Gasteiger partial charge on any atom is 0.416 e. The van der Waals surface area contributed by atoms with Crippen LogP contribution >= 0.6 is 0 Å². The number of nitrogens with zero attached hydrogens (tertiary/aromatic N) is 5. The molecule has 0 radical (unpaired) electrons. The van der Waals surface area contributed by atoms with Gasteiger partial charge in [-0.25, -0.2) is 15.0 Å². The number of hydrogen-bond donors (Lipinski definition) is 2. The predicted octanol–water partition coefficient (Wildman–Crippen LogP) is 7.75. The van der Waals surface area contributed by atoms with E-state index in [-0.39, 0.29) is 0 Å². The maximum atomic E-state index is 13.3. The Morgan fingerprint density at radius 1 is 0.762 bits per heavy atom.